The van der Waals surface area contributed by atoms with Crippen LogP contribution in [-0.4, -0.2) is 10.8 Å². The zero-order valence-corrected chi connectivity index (χ0v) is 10.1. The number of benzene rings is 1. The Morgan fingerprint density at radius 2 is 1.81 bits per heavy atom. The Morgan fingerprint density at radius 1 is 1.19 bits per heavy atom. The van der Waals surface area contributed by atoms with Gasteiger partial charge in [0.2, 0.25) is 0 Å². The van der Waals surface area contributed by atoms with E-state index in [2.05, 4.69) is 10.9 Å². The van der Waals surface area contributed by atoms with Gasteiger partial charge in [-0.15, -0.1) is 0 Å². The van der Waals surface area contributed by atoms with Crippen LogP contribution in [0.25, 0.3) is 0 Å². The number of allylic oxidation sites excluding steroid dienone is 2. The maximum Gasteiger partial charge on any atom is 0.154 e. The number of nitrogens with one attached hydrogen (secondary N) is 2. The third-order valence-electron chi connectivity index (χ3n) is 1.83. The van der Waals surface area contributed by atoms with Gasteiger partial charge < -0.3 is 5.43 Å². The molecule has 0 aliphatic carbocycles. The molecule has 0 saturated carbocycles. The van der Waals surface area contributed by atoms with Gasteiger partial charge in [-0.05, 0) is 13.8 Å². The minimum absolute atomic E-state index is 0.00238. The molecule has 0 fully saturated rings. The minimum atomic E-state index is -0.00238. The lowest BCUT2D eigenvalue weighted by molar-refractivity contribution is -0.112. The van der Waals surface area contributed by atoms with Crippen LogP contribution in [0.1, 0.15) is 19.4 Å². The lowest BCUT2D eigenvalue weighted by Gasteiger charge is -2.10. The van der Waals surface area contributed by atoms with Gasteiger partial charge in [-0.1, -0.05) is 42.5 Å². The predicted molar refractivity (Wildman–Crippen MR) is 68.9 cm³/mol. The van der Waals surface area contributed by atoms with E-state index in [0.29, 0.717) is 4.99 Å². The van der Waals surface area contributed by atoms with Crippen LogP contribution in [0, 0.1) is 0 Å². The van der Waals surface area contributed by atoms with E-state index in [1.807, 2.05) is 30.3 Å². The molecule has 3 nitrogen and oxygen atoms in total. The van der Waals surface area contributed by atoms with Gasteiger partial charge in [-0.25, -0.2) is 0 Å². The molecule has 4 heteroatoms. The topological polar surface area (TPSA) is 41.1 Å². The lowest BCUT2D eigenvalue weighted by atomic mass is 10.2. The largest absolute Gasteiger partial charge is 0.304 e. The Labute approximate surface area is 101 Å². The Kier molecular flexibility index (Phi) is 4.66. The Hall–Kier alpha value is -1.68. The van der Waals surface area contributed by atoms with Crippen LogP contribution in [0.15, 0.2) is 42.1 Å². The summed E-state index contributed by atoms with van der Waals surface area (Å²) in [5, 5.41) is 0. The van der Waals surface area contributed by atoms with E-state index in [1.54, 1.807) is 6.92 Å². The molecule has 0 aliphatic heterocycles. The van der Waals surface area contributed by atoms with Gasteiger partial charge in [0.25, 0.3) is 0 Å². The first-order valence-electron chi connectivity index (χ1n) is 4.90. The Balaban J connectivity index is 2.51. The second-order valence-corrected chi connectivity index (χ2v) is 3.79. The summed E-state index contributed by atoms with van der Waals surface area (Å²) in [6.45, 7) is 3.29. The van der Waals surface area contributed by atoms with E-state index in [-0.39, 0.29) is 5.78 Å². The number of carbonyl (C=O) groups excluding carboxylic acids is 1. The molecule has 0 spiro atoms. The summed E-state index contributed by atoms with van der Waals surface area (Å²) < 4.78 is 0. The fourth-order valence-corrected chi connectivity index (χ4v) is 1.35. The van der Waals surface area contributed by atoms with Crippen molar-refractivity contribution >= 4 is 23.0 Å². The van der Waals surface area contributed by atoms with E-state index in [1.165, 1.54) is 13.0 Å². The van der Waals surface area contributed by atoms with E-state index < -0.39 is 0 Å². The van der Waals surface area contributed by atoms with Crippen molar-refractivity contribution in [1.82, 2.24) is 10.9 Å². The molecule has 84 valence electrons. The van der Waals surface area contributed by atoms with Crippen LogP contribution < -0.4 is 10.9 Å². The molecule has 0 heterocycles. The third-order valence-corrected chi connectivity index (χ3v) is 2.17. The maximum absolute atomic E-state index is 10.8. The molecule has 2 N–H and O–H groups in total. The summed E-state index contributed by atoms with van der Waals surface area (Å²) >= 11 is 5.17. The monoisotopic (exact) mass is 234 g/mol. The van der Waals surface area contributed by atoms with Crippen molar-refractivity contribution < 1.29 is 4.79 Å². The van der Waals surface area contributed by atoms with Gasteiger partial charge in [0.1, 0.15) is 4.99 Å². The first kappa shape index (κ1) is 12.4. The smallest absolute Gasteiger partial charge is 0.154 e. The molecule has 0 amide bonds. The molecular weight excluding hydrogens is 220 g/mol. The van der Waals surface area contributed by atoms with Crippen molar-refractivity contribution in [2.75, 3.05) is 0 Å². The van der Waals surface area contributed by atoms with Crippen molar-refractivity contribution in [1.29, 1.82) is 0 Å². The van der Waals surface area contributed by atoms with Gasteiger partial charge in [0.05, 0.1) is 0 Å². The SMILES string of the molecule is CC(=O)C=C(C)NNC(=S)c1ccccc1. The maximum atomic E-state index is 10.8. The summed E-state index contributed by atoms with van der Waals surface area (Å²) in [5.74, 6) is -0.00238. The van der Waals surface area contributed by atoms with Gasteiger partial charge in [-0.3, -0.25) is 10.2 Å². The zero-order chi connectivity index (χ0) is 12.0. The molecule has 0 saturated heterocycles. The van der Waals surface area contributed by atoms with E-state index in [0.717, 1.165) is 11.3 Å². The van der Waals surface area contributed by atoms with Crippen LogP contribution in [0.3, 0.4) is 0 Å². The zero-order valence-electron chi connectivity index (χ0n) is 9.28. The molecule has 0 unspecified atom stereocenters. The highest BCUT2D eigenvalue weighted by molar-refractivity contribution is 7.80. The van der Waals surface area contributed by atoms with Crippen LogP contribution in [0.2, 0.25) is 0 Å². The molecule has 0 radical (unpaired) electrons. The third kappa shape index (κ3) is 4.23. The lowest BCUT2D eigenvalue weighted by Crippen LogP contribution is -2.35. The fraction of sp³-hybridized carbons (Fsp3) is 0.167. The Bertz CT molecular complexity index is 412. The van der Waals surface area contributed by atoms with Gasteiger partial charge >= 0.3 is 0 Å². The summed E-state index contributed by atoms with van der Waals surface area (Å²) in [4.78, 5) is 11.4. The van der Waals surface area contributed by atoms with Crippen LogP contribution in [0.5, 0.6) is 0 Å². The predicted octanol–water partition coefficient (Wildman–Crippen LogP) is 1.95. The number of hydrogen-bond donors (Lipinski definition) is 2. The molecule has 0 aromatic heterocycles. The van der Waals surface area contributed by atoms with Gasteiger partial charge in [0.15, 0.2) is 5.78 Å². The highest BCUT2D eigenvalue weighted by Gasteiger charge is 1.98. The average molecular weight is 234 g/mol. The van der Waals surface area contributed by atoms with Gasteiger partial charge in [0, 0.05) is 17.3 Å². The van der Waals surface area contributed by atoms with Crippen LogP contribution in [0.4, 0.5) is 0 Å². The Morgan fingerprint density at radius 3 is 2.38 bits per heavy atom. The fourth-order valence-electron chi connectivity index (χ4n) is 1.16. The normalized spacial score (nSPS) is 10.8. The molecular formula is C12H14N2OS. The molecule has 1 rings (SSSR count). The van der Waals surface area contributed by atoms with E-state index in [9.17, 15) is 4.79 Å². The summed E-state index contributed by atoms with van der Waals surface area (Å²) in [7, 11) is 0. The highest BCUT2D eigenvalue weighted by atomic mass is 32.1. The van der Waals surface area contributed by atoms with Crippen molar-refractivity contribution in [2.24, 2.45) is 0 Å². The van der Waals surface area contributed by atoms with Crippen LogP contribution >= 0.6 is 12.2 Å². The van der Waals surface area contributed by atoms with Crippen molar-refractivity contribution in [3.05, 3.63) is 47.7 Å². The van der Waals surface area contributed by atoms with E-state index >= 15 is 0 Å². The first-order valence-corrected chi connectivity index (χ1v) is 5.30. The molecule has 1 aromatic rings. The van der Waals surface area contributed by atoms with Crippen molar-refractivity contribution in [2.45, 2.75) is 13.8 Å². The second-order valence-electron chi connectivity index (χ2n) is 3.38. The summed E-state index contributed by atoms with van der Waals surface area (Å²) in [6, 6.07) is 9.60. The van der Waals surface area contributed by atoms with Crippen molar-refractivity contribution in [3.8, 4) is 0 Å². The molecule has 16 heavy (non-hydrogen) atoms. The quantitative estimate of drug-likeness (QED) is 0.474. The number of thiocarbonyl (C=S) groups is 1. The molecule has 1 aromatic carbocycles. The first-order chi connectivity index (χ1) is 7.59. The summed E-state index contributed by atoms with van der Waals surface area (Å²) in [5.41, 5.74) is 7.38. The summed E-state index contributed by atoms with van der Waals surface area (Å²) in [6.07, 6.45) is 1.50. The molecule has 0 atom stereocenters. The highest BCUT2D eigenvalue weighted by Crippen LogP contribution is 1.98. The van der Waals surface area contributed by atoms with Crippen LogP contribution in [-0.2, 0) is 4.79 Å². The second kappa shape index (κ2) is 6.02. The van der Waals surface area contributed by atoms with Gasteiger partial charge in [-0.2, -0.15) is 0 Å². The minimum Gasteiger partial charge on any atom is -0.304 e. The number of hydrazine groups is 1. The van der Waals surface area contributed by atoms with Crippen molar-refractivity contribution in [3.63, 3.8) is 0 Å². The van der Waals surface area contributed by atoms with E-state index in [4.69, 9.17) is 12.2 Å². The average Bonchev–Trinajstić information content (AvgIpc) is 2.26. The molecule has 0 aliphatic rings. The molecule has 0 bridgehead atoms. The number of hydrogen-bond acceptors (Lipinski definition) is 3. The number of ketones is 1. The number of carbonyl (C=O) groups is 1. The standard InChI is InChI=1S/C12H14N2OS/c1-9(8-10(2)15)13-14-12(16)11-6-4-3-5-7-11/h3-8,13H,1-2H3,(H,14,16). The number of rotatable bonds is 4.